The van der Waals surface area contributed by atoms with Gasteiger partial charge in [-0.25, -0.2) is 0 Å². The standard InChI is InChI=1S/C6H12O.C5H10O.C4H8O.C3H6O.C2H4O/c1-2-3-4-5-6-7;1-2-3-4-5-6;1-2-3-4-5;1-2-3-4;1-2-3/h6H,2-5H2,1H3;5H,2-4H2,1H3;4H,2-3H2,1H3;3H,2H2,1H3;2H,1H3. The molecule has 0 amide bonds. The summed E-state index contributed by atoms with van der Waals surface area (Å²) in [6.45, 7) is 9.44. The van der Waals surface area contributed by atoms with Crippen molar-refractivity contribution < 1.29 is 24.0 Å². The number of unbranched alkanes of at least 4 members (excludes halogenated alkanes) is 6. The predicted molar refractivity (Wildman–Crippen MR) is 105 cm³/mol. The van der Waals surface area contributed by atoms with E-state index in [4.69, 9.17) is 4.79 Å². The Labute approximate surface area is 155 Å². The van der Waals surface area contributed by atoms with Crippen LogP contribution in [0.2, 0.25) is 0 Å². The summed E-state index contributed by atoms with van der Waals surface area (Å²) >= 11 is 0. The lowest BCUT2D eigenvalue weighted by molar-refractivity contribution is -0.108. The van der Waals surface area contributed by atoms with Gasteiger partial charge in [0.1, 0.15) is 31.4 Å². The van der Waals surface area contributed by atoms with Gasteiger partial charge >= 0.3 is 0 Å². The molecule has 0 atom stereocenters. The predicted octanol–water partition coefficient (Wildman–Crippen LogP) is 4.93. The first-order valence-corrected chi connectivity index (χ1v) is 9.22. The highest BCUT2D eigenvalue weighted by Crippen LogP contribution is 1.94. The van der Waals surface area contributed by atoms with Crippen molar-refractivity contribution >= 4 is 31.4 Å². The van der Waals surface area contributed by atoms with Crippen LogP contribution >= 0.6 is 0 Å². The van der Waals surface area contributed by atoms with Crippen molar-refractivity contribution in [3.8, 4) is 0 Å². The molecule has 0 saturated carbocycles. The zero-order valence-electron chi connectivity index (χ0n) is 17.0. The Morgan fingerprint density at radius 1 is 0.520 bits per heavy atom. The average molecular weight is 361 g/mol. The Morgan fingerprint density at radius 3 is 1.04 bits per heavy atom. The normalized spacial score (nSPS) is 7.40. The van der Waals surface area contributed by atoms with Crippen molar-refractivity contribution in [2.45, 2.75) is 98.8 Å². The maximum absolute atomic E-state index is 9.68. The van der Waals surface area contributed by atoms with Crippen LogP contribution in [-0.2, 0) is 24.0 Å². The van der Waals surface area contributed by atoms with Gasteiger partial charge in [-0.2, -0.15) is 0 Å². The van der Waals surface area contributed by atoms with Crippen molar-refractivity contribution in [3.63, 3.8) is 0 Å². The van der Waals surface area contributed by atoms with Gasteiger partial charge in [0.25, 0.3) is 0 Å². The van der Waals surface area contributed by atoms with Gasteiger partial charge in [-0.15, -0.1) is 0 Å². The molecule has 0 N–H and O–H groups in total. The molecule has 0 rings (SSSR count). The fourth-order valence-corrected chi connectivity index (χ4v) is 0.883. The number of carbonyl (C=O) groups is 5. The molecule has 0 aromatic rings. The average Bonchev–Trinajstić information content (AvgIpc) is 2.63. The molecule has 0 aromatic heterocycles. The Balaban J connectivity index is -0.0000000687. The molecule has 0 spiro atoms. The van der Waals surface area contributed by atoms with Gasteiger partial charge in [-0.3, -0.25) is 0 Å². The summed E-state index contributed by atoms with van der Waals surface area (Å²) in [4.78, 5) is 46.6. The second-order valence-corrected chi connectivity index (χ2v) is 4.74. The molecule has 0 heterocycles. The first kappa shape index (κ1) is 34.6. The van der Waals surface area contributed by atoms with Gasteiger partial charge < -0.3 is 24.0 Å². The third-order valence-corrected chi connectivity index (χ3v) is 2.17. The lowest BCUT2D eigenvalue weighted by Crippen LogP contribution is -1.73. The van der Waals surface area contributed by atoms with Crippen molar-refractivity contribution in [3.05, 3.63) is 0 Å². The highest BCUT2D eigenvalue weighted by molar-refractivity contribution is 5.49. The van der Waals surface area contributed by atoms with Crippen LogP contribution < -0.4 is 0 Å². The minimum absolute atomic E-state index is 0.639. The van der Waals surface area contributed by atoms with E-state index in [9.17, 15) is 19.2 Å². The molecule has 0 saturated heterocycles. The summed E-state index contributed by atoms with van der Waals surface area (Å²) in [5, 5.41) is 0. The first-order chi connectivity index (χ1) is 12.1. The van der Waals surface area contributed by atoms with Crippen LogP contribution in [-0.4, -0.2) is 31.4 Å². The van der Waals surface area contributed by atoms with Gasteiger partial charge in [-0.05, 0) is 26.2 Å². The molecular formula is C20H40O5. The Morgan fingerprint density at radius 2 is 0.880 bits per heavy atom. The summed E-state index contributed by atoms with van der Waals surface area (Å²) in [5.41, 5.74) is 0. The summed E-state index contributed by atoms with van der Waals surface area (Å²) in [7, 11) is 0. The number of aldehydes is 5. The second-order valence-electron chi connectivity index (χ2n) is 4.74. The second kappa shape index (κ2) is 57.2. The third kappa shape index (κ3) is 133. The highest BCUT2D eigenvalue weighted by Gasteiger charge is 1.80. The molecule has 0 aromatic carbocycles. The summed E-state index contributed by atoms with van der Waals surface area (Å²) in [6.07, 6.45) is 13.9. The van der Waals surface area contributed by atoms with Gasteiger partial charge in [-0.1, -0.05) is 47.0 Å². The van der Waals surface area contributed by atoms with Gasteiger partial charge in [0.2, 0.25) is 0 Å². The smallest absolute Gasteiger partial charge is 0.119 e. The lowest BCUT2D eigenvalue weighted by atomic mass is 10.2. The fourth-order valence-electron chi connectivity index (χ4n) is 0.883. The first-order valence-electron chi connectivity index (χ1n) is 9.22. The summed E-state index contributed by atoms with van der Waals surface area (Å²) < 4.78 is 0. The summed E-state index contributed by atoms with van der Waals surface area (Å²) in [6, 6.07) is 0. The topological polar surface area (TPSA) is 85.3 Å². The van der Waals surface area contributed by atoms with E-state index in [1.807, 2.05) is 13.8 Å². The molecule has 0 aliphatic heterocycles. The van der Waals surface area contributed by atoms with Gasteiger partial charge in [0, 0.05) is 25.7 Å². The molecule has 5 nitrogen and oxygen atoms in total. The van der Waals surface area contributed by atoms with Crippen LogP contribution in [0.5, 0.6) is 0 Å². The Kier molecular flexibility index (Phi) is 79.2. The molecule has 150 valence electrons. The Hall–Kier alpha value is -1.65. The zero-order valence-corrected chi connectivity index (χ0v) is 17.0. The monoisotopic (exact) mass is 360 g/mol. The van der Waals surface area contributed by atoms with E-state index in [1.54, 1.807) is 0 Å². The molecular weight excluding hydrogens is 320 g/mol. The van der Waals surface area contributed by atoms with E-state index < -0.39 is 0 Å². The summed E-state index contributed by atoms with van der Waals surface area (Å²) in [5.74, 6) is 0. The Bertz CT molecular complexity index is 240. The van der Waals surface area contributed by atoms with E-state index in [0.717, 1.165) is 70.0 Å². The molecule has 25 heavy (non-hydrogen) atoms. The van der Waals surface area contributed by atoms with Gasteiger partial charge in [0.05, 0.1) is 0 Å². The van der Waals surface area contributed by atoms with Crippen LogP contribution in [0.25, 0.3) is 0 Å². The van der Waals surface area contributed by atoms with Crippen LogP contribution in [0.4, 0.5) is 0 Å². The van der Waals surface area contributed by atoms with Gasteiger partial charge in [0.15, 0.2) is 0 Å². The maximum atomic E-state index is 9.68. The molecule has 5 heteroatoms. The minimum atomic E-state index is 0.639. The quantitative estimate of drug-likeness (QED) is 0.407. The number of rotatable bonds is 10. The molecule has 0 radical (unpaired) electrons. The SMILES string of the molecule is CC=O.CCC=O.CCCC=O.CCCCC=O.CCCCCC=O. The van der Waals surface area contributed by atoms with Crippen molar-refractivity contribution in [2.75, 3.05) is 0 Å². The fraction of sp³-hybridized carbons (Fsp3) is 0.750. The molecule has 0 aliphatic rings. The maximum Gasteiger partial charge on any atom is 0.119 e. The van der Waals surface area contributed by atoms with E-state index in [0.29, 0.717) is 12.8 Å². The van der Waals surface area contributed by atoms with Crippen molar-refractivity contribution in [1.82, 2.24) is 0 Å². The van der Waals surface area contributed by atoms with Crippen LogP contribution in [0.15, 0.2) is 0 Å². The van der Waals surface area contributed by atoms with E-state index in [-0.39, 0.29) is 0 Å². The van der Waals surface area contributed by atoms with Crippen LogP contribution in [0, 0.1) is 0 Å². The number of hydrogen-bond acceptors (Lipinski definition) is 5. The highest BCUT2D eigenvalue weighted by atomic mass is 16.1. The van der Waals surface area contributed by atoms with Crippen LogP contribution in [0.3, 0.4) is 0 Å². The molecule has 0 fully saturated rings. The van der Waals surface area contributed by atoms with E-state index >= 15 is 0 Å². The molecule has 0 unspecified atom stereocenters. The van der Waals surface area contributed by atoms with Crippen molar-refractivity contribution in [2.24, 2.45) is 0 Å². The largest absolute Gasteiger partial charge is 0.304 e. The van der Waals surface area contributed by atoms with Crippen LogP contribution in [0.1, 0.15) is 98.8 Å². The molecule has 0 aliphatic carbocycles. The van der Waals surface area contributed by atoms with Crippen molar-refractivity contribution in [1.29, 1.82) is 0 Å². The number of hydrogen-bond donors (Lipinski definition) is 0. The molecule has 0 bridgehead atoms. The zero-order chi connectivity index (χ0) is 20.6. The van der Waals surface area contributed by atoms with E-state index in [1.165, 1.54) is 19.8 Å². The van der Waals surface area contributed by atoms with E-state index in [2.05, 4.69) is 13.8 Å². The lowest BCUT2D eigenvalue weighted by Gasteiger charge is -1.85. The number of carbonyl (C=O) groups excluding carboxylic acids is 5. The minimum Gasteiger partial charge on any atom is -0.304 e. The third-order valence-electron chi connectivity index (χ3n) is 2.17.